The van der Waals surface area contributed by atoms with Gasteiger partial charge in [0.1, 0.15) is 0 Å². The molecule has 0 aromatic heterocycles. The summed E-state index contributed by atoms with van der Waals surface area (Å²) in [5, 5.41) is -0.226. The normalized spacial score (nSPS) is 35.8. The number of sulfone groups is 1. The molecule has 11 heavy (non-hydrogen) atoms. The maximum absolute atomic E-state index is 11.1. The lowest BCUT2D eigenvalue weighted by Gasteiger charge is -2.23. The van der Waals surface area contributed by atoms with Gasteiger partial charge in [-0.15, -0.1) is 12.4 Å². The highest BCUT2D eigenvalue weighted by molar-refractivity contribution is 7.92. The molecule has 3 nitrogen and oxygen atoms in total. The smallest absolute Gasteiger partial charge is 0.153 e. The molecule has 0 aliphatic carbocycles. The fourth-order valence-electron chi connectivity index (χ4n) is 1.21. The molecule has 0 saturated carbocycles. The number of rotatable bonds is 0. The molecule has 2 unspecified atom stereocenters. The highest BCUT2D eigenvalue weighted by Crippen LogP contribution is 2.17. The Kier molecular flexibility index (Phi) is 3.80. The summed E-state index contributed by atoms with van der Waals surface area (Å²) in [6.07, 6.45) is 1.26. The Balaban J connectivity index is 0.000001000. The van der Waals surface area contributed by atoms with Crippen molar-refractivity contribution < 1.29 is 8.42 Å². The van der Waals surface area contributed by atoms with E-state index in [0.29, 0.717) is 12.8 Å². The molecule has 2 N–H and O–H groups in total. The first-order valence-electron chi connectivity index (χ1n) is 3.49. The molecular formula is C6H14ClNO2S. The molecule has 0 bridgehead atoms. The first-order chi connectivity index (χ1) is 4.52. The van der Waals surface area contributed by atoms with Crippen LogP contribution in [0.2, 0.25) is 0 Å². The van der Waals surface area contributed by atoms with Crippen molar-refractivity contribution in [3.05, 3.63) is 0 Å². The Labute approximate surface area is 73.7 Å². The fourth-order valence-corrected chi connectivity index (χ4v) is 2.78. The Hall–Kier alpha value is 0.200. The van der Waals surface area contributed by atoms with Gasteiger partial charge in [-0.25, -0.2) is 8.42 Å². The van der Waals surface area contributed by atoms with Crippen LogP contribution in [0.1, 0.15) is 19.8 Å². The maximum Gasteiger partial charge on any atom is 0.153 e. The predicted octanol–water partition coefficient (Wildman–Crippen LogP) is 0.333. The van der Waals surface area contributed by atoms with Crippen LogP contribution in [0.5, 0.6) is 0 Å². The minimum atomic E-state index is -2.77. The number of halogens is 1. The average Bonchev–Trinajstić information content (AvgIpc) is 1.81. The number of nitrogens with two attached hydrogens (primary N) is 1. The lowest BCUT2D eigenvalue weighted by molar-refractivity contribution is 0.513. The van der Waals surface area contributed by atoms with Gasteiger partial charge in [-0.3, -0.25) is 0 Å². The molecule has 5 heteroatoms. The van der Waals surface area contributed by atoms with Gasteiger partial charge in [-0.2, -0.15) is 0 Å². The van der Waals surface area contributed by atoms with Crippen LogP contribution in [0.4, 0.5) is 0 Å². The lowest BCUT2D eigenvalue weighted by atomic mass is 10.1. The second-order valence-corrected chi connectivity index (χ2v) is 5.50. The van der Waals surface area contributed by atoms with Crippen molar-refractivity contribution in [3.8, 4) is 0 Å². The van der Waals surface area contributed by atoms with E-state index < -0.39 is 9.84 Å². The quantitative estimate of drug-likeness (QED) is 0.612. The van der Waals surface area contributed by atoms with Crippen LogP contribution in [0.25, 0.3) is 0 Å². The van der Waals surface area contributed by atoms with Crippen LogP contribution in [0.15, 0.2) is 0 Å². The van der Waals surface area contributed by atoms with Gasteiger partial charge in [0.2, 0.25) is 0 Å². The van der Waals surface area contributed by atoms with E-state index in [4.69, 9.17) is 5.73 Å². The van der Waals surface area contributed by atoms with Crippen molar-refractivity contribution in [3.63, 3.8) is 0 Å². The molecule has 68 valence electrons. The minimum Gasteiger partial charge on any atom is -0.328 e. The second-order valence-electron chi connectivity index (χ2n) is 2.96. The molecular weight excluding hydrogens is 186 g/mol. The first-order valence-corrected chi connectivity index (χ1v) is 5.21. The molecule has 0 spiro atoms. The lowest BCUT2D eigenvalue weighted by Crippen LogP contribution is -2.38. The van der Waals surface area contributed by atoms with E-state index in [-0.39, 0.29) is 29.5 Å². The first kappa shape index (κ1) is 11.2. The monoisotopic (exact) mass is 199 g/mol. The van der Waals surface area contributed by atoms with Crippen LogP contribution >= 0.6 is 12.4 Å². The van der Waals surface area contributed by atoms with Crippen LogP contribution in [-0.2, 0) is 9.84 Å². The van der Waals surface area contributed by atoms with E-state index in [1.54, 1.807) is 6.92 Å². The average molecular weight is 200 g/mol. The third-order valence-corrected chi connectivity index (χ3v) is 4.24. The molecule has 0 aromatic carbocycles. The van der Waals surface area contributed by atoms with Crippen molar-refractivity contribution >= 4 is 22.2 Å². The van der Waals surface area contributed by atoms with Crippen LogP contribution in [0, 0.1) is 0 Å². The van der Waals surface area contributed by atoms with Crippen molar-refractivity contribution in [2.24, 2.45) is 5.73 Å². The topological polar surface area (TPSA) is 60.2 Å². The van der Waals surface area contributed by atoms with E-state index in [0.717, 1.165) is 0 Å². The van der Waals surface area contributed by atoms with Gasteiger partial charge in [-0.1, -0.05) is 0 Å². The molecule has 0 amide bonds. The molecule has 1 aliphatic rings. The molecule has 1 aliphatic heterocycles. The molecule has 0 radical (unpaired) electrons. The summed E-state index contributed by atoms with van der Waals surface area (Å²) in [5.74, 6) is 0.273. The second kappa shape index (κ2) is 3.74. The Morgan fingerprint density at radius 2 is 2.00 bits per heavy atom. The number of hydrogen-bond acceptors (Lipinski definition) is 3. The third kappa shape index (κ3) is 2.61. The number of hydrogen-bond donors (Lipinski definition) is 1. The van der Waals surface area contributed by atoms with Crippen LogP contribution < -0.4 is 5.73 Å². The van der Waals surface area contributed by atoms with Gasteiger partial charge < -0.3 is 5.73 Å². The summed E-state index contributed by atoms with van der Waals surface area (Å²) < 4.78 is 22.1. The summed E-state index contributed by atoms with van der Waals surface area (Å²) in [5.41, 5.74) is 5.58. The fraction of sp³-hybridized carbons (Fsp3) is 1.00. The Bertz CT molecular complexity index is 215. The molecule has 2 atom stereocenters. The summed E-state index contributed by atoms with van der Waals surface area (Å²) in [7, 11) is -2.77. The summed E-state index contributed by atoms with van der Waals surface area (Å²) in [6.45, 7) is 1.73. The highest BCUT2D eigenvalue weighted by atomic mass is 35.5. The van der Waals surface area contributed by atoms with Gasteiger partial charge in [0.25, 0.3) is 0 Å². The van der Waals surface area contributed by atoms with Gasteiger partial charge in [0.05, 0.1) is 11.0 Å². The van der Waals surface area contributed by atoms with Crippen molar-refractivity contribution in [2.75, 3.05) is 5.75 Å². The van der Waals surface area contributed by atoms with E-state index >= 15 is 0 Å². The van der Waals surface area contributed by atoms with Gasteiger partial charge in [0, 0.05) is 6.04 Å². The predicted molar refractivity (Wildman–Crippen MR) is 47.7 cm³/mol. The zero-order chi connectivity index (χ0) is 7.78. The third-order valence-electron chi connectivity index (χ3n) is 2.02. The van der Waals surface area contributed by atoms with Crippen molar-refractivity contribution in [2.45, 2.75) is 31.1 Å². The zero-order valence-electron chi connectivity index (χ0n) is 6.49. The van der Waals surface area contributed by atoms with Gasteiger partial charge >= 0.3 is 0 Å². The Morgan fingerprint density at radius 1 is 1.45 bits per heavy atom. The Morgan fingerprint density at radius 3 is 2.36 bits per heavy atom. The summed E-state index contributed by atoms with van der Waals surface area (Å²) >= 11 is 0. The largest absolute Gasteiger partial charge is 0.328 e. The highest BCUT2D eigenvalue weighted by Gasteiger charge is 2.28. The summed E-state index contributed by atoms with van der Waals surface area (Å²) in [4.78, 5) is 0. The zero-order valence-corrected chi connectivity index (χ0v) is 8.12. The standard InChI is InChI=1S/C6H13NO2S.ClH/c1-5-4-6(7)2-3-10(5,8)9;/h5-6H,2-4,7H2,1H3;1H. The SMILES string of the molecule is CC1CC(N)CCS1(=O)=O.Cl. The summed E-state index contributed by atoms with van der Waals surface area (Å²) in [6, 6.07) is 0.0959. The molecule has 1 saturated heterocycles. The van der Waals surface area contributed by atoms with E-state index in [2.05, 4.69) is 0 Å². The van der Waals surface area contributed by atoms with E-state index in [1.165, 1.54) is 0 Å². The van der Waals surface area contributed by atoms with Crippen molar-refractivity contribution in [1.82, 2.24) is 0 Å². The van der Waals surface area contributed by atoms with Gasteiger partial charge in [0.15, 0.2) is 9.84 Å². The minimum absolute atomic E-state index is 0. The van der Waals surface area contributed by atoms with Crippen LogP contribution in [0.3, 0.4) is 0 Å². The molecule has 1 fully saturated rings. The van der Waals surface area contributed by atoms with Crippen LogP contribution in [-0.4, -0.2) is 25.5 Å². The molecule has 1 heterocycles. The van der Waals surface area contributed by atoms with E-state index in [1.807, 2.05) is 0 Å². The van der Waals surface area contributed by atoms with E-state index in [9.17, 15) is 8.42 Å². The van der Waals surface area contributed by atoms with Crippen molar-refractivity contribution in [1.29, 1.82) is 0 Å². The molecule has 0 aromatic rings. The molecule has 1 rings (SSSR count). The maximum atomic E-state index is 11.1. The van der Waals surface area contributed by atoms with Gasteiger partial charge in [-0.05, 0) is 19.8 Å².